The van der Waals surface area contributed by atoms with Crippen LogP contribution in [-0.2, 0) is 25.5 Å². The van der Waals surface area contributed by atoms with Crippen LogP contribution in [0, 0.1) is 0 Å². The molecule has 2 atom stereocenters. The average molecular weight is 366 g/mol. The lowest BCUT2D eigenvalue weighted by Gasteiger charge is -2.16. The first-order chi connectivity index (χ1) is 12.3. The van der Waals surface area contributed by atoms with Crippen LogP contribution in [0.2, 0.25) is 0 Å². The highest BCUT2D eigenvalue weighted by molar-refractivity contribution is 6.20. The second-order valence-corrected chi connectivity index (χ2v) is 5.23. The molecule has 0 spiro atoms. The van der Waals surface area contributed by atoms with E-state index in [0.717, 1.165) is 0 Å². The summed E-state index contributed by atoms with van der Waals surface area (Å²) in [5.74, 6) is -4.39. The van der Waals surface area contributed by atoms with E-state index in [1.807, 2.05) is 0 Å². The number of hydrogen-bond donors (Lipinski definition) is 2. The van der Waals surface area contributed by atoms with Crippen molar-refractivity contribution >= 4 is 23.5 Å². The van der Waals surface area contributed by atoms with Crippen molar-refractivity contribution in [3.05, 3.63) is 34.9 Å². The van der Waals surface area contributed by atoms with Crippen LogP contribution in [0.25, 0.3) is 0 Å². The second-order valence-electron chi connectivity index (χ2n) is 5.23. The molecule has 0 bridgehead atoms. The minimum Gasteiger partial charge on any atom is -0.464 e. The zero-order valence-corrected chi connectivity index (χ0v) is 14.9. The van der Waals surface area contributed by atoms with Crippen LogP contribution in [0.1, 0.15) is 47.1 Å². The Labute approximate surface area is 150 Å². The maximum Gasteiger partial charge on any atom is 0.343 e. The van der Waals surface area contributed by atoms with E-state index in [-0.39, 0.29) is 24.3 Å². The fourth-order valence-electron chi connectivity index (χ4n) is 2.33. The van der Waals surface area contributed by atoms with Gasteiger partial charge in [-0.15, -0.1) is 0 Å². The molecule has 0 aromatic heterocycles. The number of carbonyl (C=O) groups excluding carboxylic acids is 4. The summed E-state index contributed by atoms with van der Waals surface area (Å²) in [5.41, 5.74) is -0.137. The molecule has 0 aliphatic heterocycles. The van der Waals surface area contributed by atoms with Crippen molar-refractivity contribution < 1.29 is 38.9 Å². The lowest BCUT2D eigenvalue weighted by molar-refractivity contribution is -0.151. The van der Waals surface area contributed by atoms with Crippen molar-refractivity contribution in [2.24, 2.45) is 0 Å². The zero-order valence-electron chi connectivity index (χ0n) is 14.9. The molecular formula is C18H22O8. The highest BCUT2D eigenvalue weighted by Gasteiger charge is 2.34. The lowest BCUT2D eigenvalue weighted by Crippen LogP contribution is -2.36. The van der Waals surface area contributed by atoms with Crippen molar-refractivity contribution in [1.82, 2.24) is 0 Å². The third-order valence-electron chi connectivity index (χ3n) is 3.56. The summed E-state index contributed by atoms with van der Waals surface area (Å²) in [7, 11) is 0. The van der Waals surface area contributed by atoms with Gasteiger partial charge in [0.15, 0.2) is 0 Å². The van der Waals surface area contributed by atoms with Gasteiger partial charge in [0.1, 0.15) is 0 Å². The third-order valence-corrected chi connectivity index (χ3v) is 3.56. The lowest BCUT2D eigenvalue weighted by atomic mass is 9.90. The van der Waals surface area contributed by atoms with Gasteiger partial charge in [-0.1, -0.05) is 25.1 Å². The second kappa shape index (κ2) is 9.79. The van der Waals surface area contributed by atoms with Gasteiger partial charge in [0, 0.05) is 11.1 Å². The molecule has 8 nitrogen and oxygen atoms in total. The number of aliphatic hydroxyl groups excluding tert-OH is 2. The van der Waals surface area contributed by atoms with E-state index >= 15 is 0 Å². The summed E-state index contributed by atoms with van der Waals surface area (Å²) in [6.07, 6.45) is -3.92. The van der Waals surface area contributed by atoms with Crippen LogP contribution in [0.4, 0.5) is 0 Å². The Morgan fingerprint density at radius 1 is 0.885 bits per heavy atom. The number of aryl methyl sites for hydroxylation is 1. The highest BCUT2D eigenvalue weighted by atomic mass is 16.6. The number of ketones is 2. The van der Waals surface area contributed by atoms with E-state index < -0.39 is 35.7 Å². The summed E-state index contributed by atoms with van der Waals surface area (Å²) < 4.78 is 9.22. The van der Waals surface area contributed by atoms with Gasteiger partial charge in [-0.25, -0.2) is 9.59 Å². The number of carbonyl (C=O) groups is 4. The Hall–Kier alpha value is -2.58. The van der Waals surface area contributed by atoms with Crippen LogP contribution >= 0.6 is 0 Å². The van der Waals surface area contributed by atoms with E-state index in [1.165, 1.54) is 26.0 Å². The molecule has 0 aliphatic carbocycles. The highest BCUT2D eigenvalue weighted by Crippen LogP contribution is 2.20. The first-order valence-electron chi connectivity index (χ1n) is 8.19. The number of aliphatic hydroxyl groups is 2. The standard InChI is InChI=1S/C18H22O8/c1-4-10-8-7-9-11(13(19)15(21)17(23)25-5-2)12(10)14(20)16(22)18(24)26-6-3/h7-9,15-16,21-22H,4-6H2,1-3H3. The molecule has 8 heteroatoms. The first kappa shape index (κ1) is 21.5. The third kappa shape index (κ3) is 4.74. The molecule has 142 valence electrons. The van der Waals surface area contributed by atoms with Crippen molar-refractivity contribution in [1.29, 1.82) is 0 Å². The Bertz CT molecular complexity index is 694. The molecule has 0 fully saturated rings. The molecule has 0 heterocycles. The van der Waals surface area contributed by atoms with Crippen LogP contribution in [0.5, 0.6) is 0 Å². The normalized spacial score (nSPS) is 12.8. The summed E-state index contributed by atoms with van der Waals surface area (Å²) >= 11 is 0. The van der Waals surface area contributed by atoms with Crippen LogP contribution in [-0.4, -0.2) is 59.1 Å². The molecule has 0 saturated heterocycles. The van der Waals surface area contributed by atoms with Gasteiger partial charge in [0.2, 0.25) is 23.8 Å². The van der Waals surface area contributed by atoms with Gasteiger partial charge in [0.25, 0.3) is 0 Å². The van der Waals surface area contributed by atoms with Crippen molar-refractivity contribution in [3.8, 4) is 0 Å². The fraction of sp³-hybridized carbons (Fsp3) is 0.444. The SMILES string of the molecule is CCOC(=O)C(O)C(=O)c1cccc(CC)c1C(=O)C(O)C(=O)OCC. The molecule has 26 heavy (non-hydrogen) atoms. The molecule has 0 radical (unpaired) electrons. The average Bonchev–Trinajstić information content (AvgIpc) is 2.65. The summed E-state index contributed by atoms with van der Waals surface area (Å²) in [5, 5.41) is 19.8. The van der Waals surface area contributed by atoms with Crippen LogP contribution < -0.4 is 0 Å². The van der Waals surface area contributed by atoms with Gasteiger partial charge in [-0.3, -0.25) is 9.59 Å². The van der Waals surface area contributed by atoms with E-state index in [4.69, 9.17) is 0 Å². The largest absolute Gasteiger partial charge is 0.464 e. The predicted molar refractivity (Wildman–Crippen MR) is 89.8 cm³/mol. The van der Waals surface area contributed by atoms with Crippen LogP contribution in [0.3, 0.4) is 0 Å². The maximum absolute atomic E-state index is 12.6. The Balaban J connectivity index is 3.35. The molecule has 1 aromatic rings. The maximum atomic E-state index is 12.6. The molecule has 0 amide bonds. The predicted octanol–water partition coefficient (Wildman–Crippen LogP) is 0.462. The van der Waals surface area contributed by atoms with Crippen LogP contribution in [0.15, 0.2) is 18.2 Å². The molecular weight excluding hydrogens is 344 g/mol. The van der Waals surface area contributed by atoms with E-state index in [0.29, 0.717) is 12.0 Å². The molecule has 1 aromatic carbocycles. The fourth-order valence-corrected chi connectivity index (χ4v) is 2.33. The number of benzene rings is 1. The van der Waals surface area contributed by atoms with Gasteiger partial charge < -0.3 is 19.7 Å². The molecule has 1 rings (SSSR count). The van der Waals surface area contributed by atoms with E-state index in [9.17, 15) is 29.4 Å². The van der Waals surface area contributed by atoms with Gasteiger partial charge in [0.05, 0.1) is 13.2 Å². The van der Waals surface area contributed by atoms with Gasteiger partial charge in [-0.2, -0.15) is 0 Å². The number of Topliss-reactive ketones (excluding diaryl/α,β-unsaturated/α-hetero) is 2. The molecule has 0 aliphatic rings. The van der Waals surface area contributed by atoms with Crippen molar-refractivity contribution in [2.45, 2.75) is 39.4 Å². The zero-order chi connectivity index (χ0) is 19.9. The number of rotatable bonds is 9. The summed E-state index contributed by atoms with van der Waals surface area (Å²) in [6.45, 7) is 4.66. The smallest absolute Gasteiger partial charge is 0.343 e. The molecule has 2 N–H and O–H groups in total. The molecule has 0 saturated carbocycles. The number of esters is 2. The first-order valence-corrected chi connectivity index (χ1v) is 8.19. The molecule has 2 unspecified atom stereocenters. The number of ether oxygens (including phenoxy) is 2. The quantitative estimate of drug-likeness (QED) is 0.367. The Kier molecular flexibility index (Phi) is 8.08. The summed E-state index contributed by atoms with van der Waals surface area (Å²) in [6, 6.07) is 4.24. The minimum atomic E-state index is -2.12. The van der Waals surface area contributed by atoms with Gasteiger partial charge in [-0.05, 0) is 25.8 Å². The Morgan fingerprint density at radius 3 is 1.85 bits per heavy atom. The van der Waals surface area contributed by atoms with E-state index in [1.54, 1.807) is 13.0 Å². The topological polar surface area (TPSA) is 127 Å². The monoisotopic (exact) mass is 366 g/mol. The van der Waals surface area contributed by atoms with E-state index in [2.05, 4.69) is 9.47 Å². The van der Waals surface area contributed by atoms with Crippen molar-refractivity contribution in [2.75, 3.05) is 13.2 Å². The Morgan fingerprint density at radius 2 is 1.38 bits per heavy atom. The van der Waals surface area contributed by atoms with Crippen molar-refractivity contribution in [3.63, 3.8) is 0 Å². The minimum absolute atomic E-state index is 0.0358. The summed E-state index contributed by atoms with van der Waals surface area (Å²) in [4.78, 5) is 48.3. The van der Waals surface area contributed by atoms with Gasteiger partial charge >= 0.3 is 11.9 Å². The number of hydrogen-bond acceptors (Lipinski definition) is 8.